The number of benzene rings is 2. The summed E-state index contributed by atoms with van der Waals surface area (Å²) in [6, 6.07) is 9.68. The molecule has 4 atom stereocenters. The number of hydrogen-bond acceptors (Lipinski definition) is 5. The van der Waals surface area contributed by atoms with Gasteiger partial charge in [-0.1, -0.05) is 40.9 Å². The van der Waals surface area contributed by atoms with E-state index in [0.717, 1.165) is 11.1 Å². The van der Waals surface area contributed by atoms with Crippen LogP contribution < -0.4 is 4.90 Å². The Morgan fingerprint density at radius 3 is 2.45 bits per heavy atom. The second-order valence-electron chi connectivity index (χ2n) is 10.4. The topological polar surface area (TPSA) is 91.8 Å². The number of Topliss-reactive ketones (excluding diaryl/α,β-unsaturated/α-hetero) is 1. The number of aryl methyl sites for hydroxylation is 1. The Hall–Kier alpha value is -3.48. The van der Waals surface area contributed by atoms with Crippen molar-refractivity contribution in [3.05, 3.63) is 92.0 Å². The van der Waals surface area contributed by atoms with Gasteiger partial charge < -0.3 is 5.11 Å². The molecule has 4 aliphatic rings. The molecule has 0 saturated carbocycles. The predicted octanol–water partition coefficient (Wildman–Crippen LogP) is 5.64. The van der Waals surface area contributed by atoms with Gasteiger partial charge in [0.15, 0.2) is 11.6 Å². The van der Waals surface area contributed by atoms with Crippen LogP contribution in [0.15, 0.2) is 70.8 Å². The van der Waals surface area contributed by atoms with Crippen molar-refractivity contribution in [2.45, 2.75) is 32.6 Å². The zero-order valence-corrected chi connectivity index (χ0v) is 22.1. The number of phenols is 1. The third-order valence-corrected chi connectivity index (χ3v) is 8.92. The number of nitrogens with zero attached hydrogens (tertiary/aromatic N) is 1. The van der Waals surface area contributed by atoms with Crippen LogP contribution in [-0.4, -0.2) is 28.5 Å². The van der Waals surface area contributed by atoms with Gasteiger partial charge in [-0.05, 0) is 74.6 Å². The van der Waals surface area contributed by atoms with Crippen LogP contribution in [0.3, 0.4) is 0 Å². The lowest BCUT2D eigenvalue weighted by Crippen LogP contribution is -2.39. The van der Waals surface area contributed by atoms with Crippen LogP contribution in [0.25, 0.3) is 0 Å². The minimum Gasteiger partial charge on any atom is -0.508 e. The standard InChI is InChI=1S/C30H23Cl2NO5/c1-13-3-5-16(11-22(13)32)33-29(37)18-7-6-17-19(26(18)30(33)38)12-21-24(35)9-14(2)28(36)27(21)25(17)20-10-15(31)4-8-23(20)34/h3-6,8-11,18-19,25-26,34H,7,12H2,1-2H3. The fraction of sp³-hybridized carbons (Fsp3) is 0.267. The van der Waals surface area contributed by atoms with Crippen molar-refractivity contribution in [3.63, 3.8) is 0 Å². The number of phenolic OH excluding ortho intramolecular Hbond substituents is 1. The number of hydrogen-bond donors (Lipinski definition) is 1. The van der Waals surface area contributed by atoms with Crippen LogP contribution in [0.2, 0.25) is 10.0 Å². The second-order valence-corrected chi connectivity index (χ2v) is 11.2. The highest BCUT2D eigenvalue weighted by Gasteiger charge is 2.56. The predicted molar refractivity (Wildman–Crippen MR) is 143 cm³/mol. The average molecular weight is 548 g/mol. The van der Waals surface area contributed by atoms with Crippen molar-refractivity contribution in [3.8, 4) is 5.75 Å². The molecule has 0 spiro atoms. The smallest absolute Gasteiger partial charge is 0.238 e. The summed E-state index contributed by atoms with van der Waals surface area (Å²) < 4.78 is 0. The van der Waals surface area contributed by atoms with Gasteiger partial charge in [-0.2, -0.15) is 0 Å². The average Bonchev–Trinajstić information content (AvgIpc) is 3.14. The number of allylic oxidation sites excluding steroid dienone is 6. The molecule has 3 aliphatic carbocycles. The molecule has 8 heteroatoms. The van der Waals surface area contributed by atoms with E-state index in [1.807, 2.05) is 13.0 Å². The number of carbonyl (C=O) groups is 4. The van der Waals surface area contributed by atoms with Gasteiger partial charge in [0.05, 0.1) is 17.5 Å². The largest absolute Gasteiger partial charge is 0.508 e. The molecular formula is C30H23Cl2NO5. The minimum atomic E-state index is -0.755. The summed E-state index contributed by atoms with van der Waals surface area (Å²) >= 11 is 12.6. The maximum absolute atomic E-state index is 13.9. The monoisotopic (exact) mass is 547 g/mol. The molecule has 2 aromatic carbocycles. The Morgan fingerprint density at radius 1 is 0.947 bits per heavy atom. The van der Waals surface area contributed by atoms with E-state index in [-0.39, 0.29) is 35.6 Å². The molecule has 0 bridgehead atoms. The first-order chi connectivity index (χ1) is 18.1. The van der Waals surface area contributed by atoms with Crippen molar-refractivity contribution < 1.29 is 24.3 Å². The molecule has 6 rings (SSSR count). The van der Waals surface area contributed by atoms with Gasteiger partial charge in [-0.25, -0.2) is 4.90 Å². The maximum Gasteiger partial charge on any atom is 0.238 e. The van der Waals surface area contributed by atoms with Crippen LogP contribution in [0.1, 0.15) is 36.8 Å². The van der Waals surface area contributed by atoms with Gasteiger partial charge in [0.2, 0.25) is 11.8 Å². The second kappa shape index (κ2) is 8.79. The van der Waals surface area contributed by atoms with Crippen molar-refractivity contribution in [1.82, 2.24) is 0 Å². The third-order valence-electron chi connectivity index (χ3n) is 8.28. The first-order valence-corrected chi connectivity index (χ1v) is 13.2. The molecule has 2 aromatic rings. The molecule has 0 aromatic heterocycles. The zero-order chi connectivity index (χ0) is 27.0. The van der Waals surface area contributed by atoms with Gasteiger partial charge in [0.1, 0.15) is 5.75 Å². The normalized spacial score (nSPS) is 26.7. The van der Waals surface area contributed by atoms with Gasteiger partial charge in [0.25, 0.3) is 0 Å². The number of anilines is 1. The summed E-state index contributed by atoms with van der Waals surface area (Å²) in [5.74, 6) is -3.84. The van der Waals surface area contributed by atoms with Crippen LogP contribution in [-0.2, 0) is 19.2 Å². The van der Waals surface area contributed by atoms with Gasteiger partial charge in [0, 0.05) is 38.2 Å². The number of carbonyl (C=O) groups excluding carboxylic acids is 4. The Bertz CT molecular complexity index is 1580. The van der Waals surface area contributed by atoms with Crippen molar-refractivity contribution >= 4 is 52.3 Å². The Morgan fingerprint density at radius 2 is 1.71 bits per heavy atom. The quantitative estimate of drug-likeness (QED) is 0.298. The van der Waals surface area contributed by atoms with Crippen molar-refractivity contribution in [2.75, 3.05) is 4.90 Å². The lowest BCUT2D eigenvalue weighted by molar-refractivity contribution is -0.123. The van der Waals surface area contributed by atoms with Crippen molar-refractivity contribution in [1.29, 1.82) is 0 Å². The first-order valence-electron chi connectivity index (χ1n) is 12.4. The summed E-state index contributed by atoms with van der Waals surface area (Å²) in [7, 11) is 0. The van der Waals surface area contributed by atoms with E-state index in [9.17, 15) is 24.3 Å². The van der Waals surface area contributed by atoms with Crippen LogP contribution in [0.5, 0.6) is 5.75 Å². The molecular weight excluding hydrogens is 525 g/mol. The number of ketones is 2. The lowest BCUT2D eigenvalue weighted by atomic mass is 9.59. The van der Waals surface area contributed by atoms with E-state index in [1.165, 1.54) is 17.0 Å². The van der Waals surface area contributed by atoms with E-state index < -0.39 is 23.7 Å². The number of halogens is 2. The molecule has 1 saturated heterocycles. The fourth-order valence-electron chi connectivity index (χ4n) is 6.45. The number of aromatic hydroxyl groups is 1. The Labute approximate surface area is 229 Å². The summed E-state index contributed by atoms with van der Waals surface area (Å²) in [4.78, 5) is 55.3. The molecule has 2 amide bonds. The van der Waals surface area contributed by atoms with E-state index >= 15 is 0 Å². The molecule has 1 fully saturated rings. The van der Waals surface area contributed by atoms with Gasteiger partial charge >= 0.3 is 0 Å². The molecule has 1 N–H and O–H groups in total. The van der Waals surface area contributed by atoms with E-state index in [2.05, 4.69) is 0 Å². The lowest BCUT2D eigenvalue weighted by Gasteiger charge is -2.42. The number of imide groups is 1. The summed E-state index contributed by atoms with van der Waals surface area (Å²) in [6.45, 7) is 3.44. The SMILES string of the molecule is CC1=CC(=O)C2=C(C1=O)C(c1cc(Cl)ccc1O)C1=CCC3C(=O)N(c4ccc(C)c(Cl)c4)C(=O)C3C1C2. The third kappa shape index (κ3) is 3.54. The first kappa shape index (κ1) is 24.8. The molecule has 1 aliphatic heterocycles. The molecule has 192 valence electrons. The fourth-order valence-corrected chi connectivity index (χ4v) is 6.80. The number of rotatable bonds is 2. The maximum atomic E-state index is 13.9. The van der Waals surface area contributed by atoms with Crippen LogP contribution >= 0.6 is 23.2 Å². The number of amides is 2. The highest BCUT2D eigenvalue weighted by Crippen LogP contribution is 2.56. The van der Waals surface area contributed by atoms with E-state index in [4.69, 9.17) is 23.2 Å². The number of fused-ring (bicyclic) bond motifs is 3. The van der Waals surface area contributed by atoms with Gasteiger partial charge in [-0.15, -0.1) is 0 Å². The molecule has 6 nitrogen and oxygen atoms in total. The van der Waals surface area contributed by atoms with Gasteiger partial charge in [-0.3, -0.25) is 19.2 Å². The van der Waals surface area contributed by atoms with E-state index in [0.29, 0.717) is 44.4 Å². The van der Waals surface area contributed by atoms with Crippen molar-refractivity contribution in [2.24, 2.45) is 17.8 Å². The highest BCUT2D eigenvalue weighted by molar-refractivity contribution is 6.32. The molecule has 4 unspecified atom stereocenters. The highest BCUT2D eigenvalue weighted by atomic mass is 35.5. The van der Waals surface area contributed by atoms with Crippen LogP contribution in [0.4, 0.5) is 5.69 Å². The molecule has 0 radical (unpaired) electrons. The molecule has 1 heterocycles. The zero-order valence-electron chi connectivity index (χ0n) is 20.6. The van der Waals surface area contributed by atoms with Crippen LogP contribution in [0, 0.1) is 24.7 Å². The van der Waals surface area contributed by atoms with E-state index in [1.54, 1.807) is 37.3 Å². The Kier molecular flexibility index (Phi) is 5.74. The Balaban J connectivity index is 1.50. The minimum absolute atomic E-state index is 0.0628. The molecule has 38 heavy (non-hydrogen) atoms. The summed E-state index contributed by atoms with van der Waals surface area (Å²) in [6.07, 6.45) is 3.70. The summed E-state index contributed by atoms with van der Waals surface area (Å²) in [5, 5.41) is 11.7. The summed E-state index contributed by atoms with van der Waals surface area (Å²) in [5.41, 5.74) is 3.35.